The zero-order valence-electron chi connectivity index (χ0n) is 13.3. The van der Waals surface area contributed by atoms with E-state index in [0.717, 1.165) is 29.8 Å². The molecule has 3 heteroatoms. The SMILES string of the molecule is COc1ccc2c(c1)CCN(C(=O)c1cccc(C)c1)C2C. The van der Waals surface area contributed by atoms with Crippen LogP contribution in [0.15, 0.2) is 42.5 Å². The molecule has 0 saturated carbocycles. The van der Waals surface area contributed by atoms with Crippen molar-refractivity contribution in [1.82, 2.24) is 4.90 Å². The van der Waals surface area contributed by atoms with Gasteiger partial charge in [0.2, 0.25) is 0 Å². The van der Waals surface area contributed by atoms with Crippen LogP contribution in [-0.4, -0.2) is 24.5 Å². The van der Waals surface area contributed by atoms with Crippen LogP contribution in [0.3, 0.4) is 0 Å². The van der Waals surface area contributed by atoms with Crippen LogP contribution < -0.4 is 4.74 Å². The molecule has 1 amide bonds. The van der Waals surface area contributed by atoms with Crippen LogP contribution >= 0.6 is 0 Å². The minimum Gasteiger partial charge on any atom is -0.497 e. The molecule has 0 aliphatic carbocycles. The second-order valence-electron chi connectivity index (χ2n) is 5.86. The van der Waals surface area contributed by atoms with Crippen molar-refractivity contribution in [3.63, 3.8) is 0 Å². The minimum atomic E-state index is 0.0858. The van der Waals surface area contributed by atoms with Crippen molar-refractivity contribution < 1.29 is 9.53 Å². The molecule has 0 saturated heterocycles. The number of carbonyl (C=O) groups is 1. The number of aryl methyl sites for hydroxylation is 1. The van der Waals surface area contributed by atoms with E-state index in [2.05, 4.69) is 19.1 Å². The number of benzene rings is 2. The summed E-state index contributed by atoms with van der Waals surface area (Å²) in [6.45, 7) is 4.85. The van der Waals surface area contributed by atoms with Gasteiger partial charge in [0.25, 0.3) is 5.91 Å². The van der Waals surface area contributed by atoms with Crippen molar-refractivity contribution in [1.29, 1.82) is 0 Å². The molecule has 0 aromatic heterocycles. The first-order chi connectivity index (χ1) is 10.6. The molecular formula is C19H21NO2. The highest BCUT2D eigenvalue weighted by molar-refractivity contribution is 5.94. The highest BCUT2D eigenvalue weighted by Gasteiger charge is 2.28. The lowest BCUT2D eigenvalue weighted by atomic mass is 9.92. The van der Waals surface area contributed by atoms with Gasteiger partial charge < -0.3 is 9.64 Å². The topological polar surface area (TPSA) is 29.5 Å². The fourth-order valence-electron chi connectivity index (χ4n) is 3.16. The average Bonchev–Trinajstić information content (AvgIpc) is 2.54. The maximum absolute atomic E-state index is 12.8. The highest BCUT2D eigenvalue weighted by atomic mass is 16.5. The Hall–Kier alpha value is -2.29. The summed E-state index contributed by atoms with van der Waals surface area (Å²) in [4.78, 5) is 14.8. The highest BCUT2D eigenvalue weighted by Crippen LogP contribution is 2.32. The fraction of sp³-hybridized carbons (Fsp3) is 0.316. The molecule has 3 rings (SSSR count). The zero-order valence-corrected chi connectivity index (χ0v) is 13.3. The summed E-state index contributed by atoms with van der Waals surface area (Å²) in [6, 6.07) is 14.0. The van der Waals surface area contributed by atoms with E-state index in [9.17, 15) is 4.79 Å². The van der Waals surface area contributed by atoms with Gasteiger partial charge in [-0.1, -0.05) is 23.8 Å². The van der Waals surface area contributed by atoms with Crippen molar-refractivity contribution in [3.8, 4) is 5.75 Å². The van der Waals surface area contributed by atoms with Crippen LogP contribution in [0, 0.1) is 6.92 Å². The van der Waals surface area contributed by atoms with Crippen molar-refractivity contribution >= 4 is 5.91 Å². The van der Waals surface area contributed by atoms with Gasteiger partial charge in [0.05, 0.1) is 13.2 Å². The van der Waals surface area contributed by atoms with Crippen molar-refractivity contribution in [2.24, 2.45) is 0 Å². The Balaban J connectivity index is 1.89. The largest absolute Gasteiger partial charge is 0.497 e. The van der Waals surface area contributed by atoms with Gasteiger partial charge in [0.1, 0.15) is 5.75 Å². The van der Waals surface area contributed by atoms with Crippen molar-refractivity contribution in [2.75, 3.05) is 13.7 Å². The quantitative estimate of drug-likeness (QED) is 0.844. The molecule has 2 aromatic rings. The number of hydrogen-bond donors (Lipinski definition) is 0. The van der Waals surface area contributed by atoms with E-state index in [4.69, 9.17) is 4.74 Å². The monoisotopic (exact) mass is 295 g/mol. The first-order valence-corrected chi connectivity index (χ1v) is 7.64. The van der Waals surface area contributed by atoms with Gasteiger partial charge >= 0.3 is 0 Å². The lowest BCUT2D eigenvalue weighted by molar-refractivity contribution is 0.0677. The van der Waals surface area contributed by atoms with Crippen LogP contribution in [0.25, 0.3) is 0 Å². The van der Waals surface area contributed by atoms with Gasteiger partial charge in [-0.25, -0.2) is 0 Å². The van der Waals surface area contributed by atoms with Gasteiger partial charge in [-0.3, -0.25) is 4.79 Å². The number of fused-ring (bicyclic) bond motifs is 1. The maximum atomic E-state index is 12.8. The standard InChI is InChI=1S/C19H21NO2/c1-13-5-4-6-16(11-13)19(21)20-10-9-15-12-17(22-3)7-8-18(15)14(20)2/h4-8,11-12,14H,9-10H2,1-3H3. The maximum Gasteiger partial charge on any atom is 0.254 e. The summed E-state index contributed by atoms with van der Waals surface area (Å²) in [5.74, 6) is 0.988. The Bertz CT molecular complexity index is 708. The van der Waals surface area contributed by atoms with Crippen LogP contribution in [0.1, 0.15) is 40.0 Å². The predicted molar refractivity (Wildman–Crippen MR) is 87.3 cm³/mol. The van der Waals surface area contributed by atoms with Crippen molar-refractivity contribution in [2.45, 2.75) is 26.3 Å². The summed E-state index contributed by atoms with van der Waals surface area (Å²) in [5, 5.41) is 0. The predicted octanol–water partition coefficient (Wildman–Crippen LogP) is 3.76. The van der Waals surface area contributed by atoms with Crippen molar-refractivity contribution in [3.05, 3.63) is 64.7 Å². The Morgan fingerprint density at radius 2 is 2.05 bits per heavy atom. The zero-order chi connectivity index (χ0) is 15.7. The third kappa shape index (κ3) is 2.59. The van der Waals surface area contributed by atoms with Gasteiger partial charge in [-0.15, -0.1) is 0 Å². The Morgan fingerprint density at radius 3 is 2.77 bits per heavy atom. The summed E-state index contributed by atoms with van der Waals surface area (Å²) >= 11 is 0. The van der Waals surface area contributed by atoms with E-state index >= 15 is 0 Å². The first-order valence-electron chi connectivity index (χ1n) is 7.64. The Kier molecular flexibility index (Phi) is 3.88. The van der Waals surface area contributed by atoms with Crippen LogP contribution in [0.4, 0.5) is 0 Å². The molecule has 22 heavy (non-hydrogen) atoms. The number of carbonyl (C=O) groups excluding carboxylic acids is 1. The van der Waals surface area contributed by atoms with E-state index < -0.39 is 0 Å². The van der Waals surface area contributed by atoms with Gasteiger partial charge in [0.15, 0.2) is 0 Å². The molecule has 3 nitrogen and oxygen atoms in total. The molecule has 0 fully saturated rings. The normalized spacial score (nSPS) is 17.0. The first kappa shape index (κ1) is 14.6. The van der Waals surface area contributed by atoms with Gasteiger partial charge in [-0.05, 0) is 55.7 Å². The molecule has 0 radical (unpaired) electrons. The Labute approximate surface area is 131 Å². The van der Waals surface area contributed by atoms with E-state index in [-0.39, 0.29) is 11.9 Å². The van der Waals surface area contributed by atoms with E-state index in [1.54, 1.807) is 7.11 Å². The number of nitrogens with zero attached hydrogens (tertiary/aromatic N) is 1. The smallest absolute Gasteiger partial charge is 0.254 e. The number of amides is 1. The Morgan fingerprint density at radius 1 is 1.23 bits per heavy atom. The molecule has 1 unspecified atom stereocenters. The van der Waals surface area contributed by atoms with E-state index in [0.29, 0.717) is 0 Å². The van der Waals surface area contributed by atoms with Gasteiger partial charge in [-0.2, -0.15) is 0 Å². The fourth-order valence-corrected chi connectivity index (χ4v) is 3.16. The lowest BCUT2D eigenvalue weighted by Crippen LogP contribution is -2.38. The molecule has 1 aliphatic heterocycles. The lowest BCUT2D eigenvalue weighted by Gasteiger charge is -2.35. The van der Waals surface area contributed by atoms with Crippen LogP contribution in [0.5, 0.6) is 5.75 Å². The summed E-state index contributed by atoms with van der Waals surface area (Å²) in [5.41, 5.74) is 4.37. The molecule has 1 atom stereocenters. The second-order valence-corrected chi connectivity index (χ2v) is 5.86. The third-order valence-corrected chi connectivity index (χ3v) is 4.42. The molecule has 1 heterocycles. The average molecular weight is 295 g/mol. The van der Waals surface area contributed by atoms with Crippen LogP contribution in [-0.2, 0) is 6.42 Å². The number of hydrogen-bond acceptors (Lipinski definition) is 2. The summed E-state index contributed by atoms with van der Waals surface area (Å²) in [6.07, 6.45) is 0.869. The third-order valence-electron chi connectivity index (χ3n) is 4.42. The number of rotatable bonds is 2. The van der Waals surface area contributed by atoms with E-state index in [1.807, 2.05) is 42.2 Å². The minimum absolute atomic E-state index is 0.0858. The second kappa shape index (κ2) is 5.84. The summed E-state index contributed by atoms with van der Waals surface area (Å²) < 4.78 is 5.29. The number of ether oxygens (including phenoxy) is 1. The summed E-state index contributed by atoms with van der Waals surface area (Å²) in [7, 11) is 1.68. The van der Waals surface area contributed by atoms with Crippen LogP contribution in [0.2, 0.25) is 0 Å². The molecule has 114 valence electrons. The molecule has 1 aliphatic rings. The molecule has 0 N–H and O–H groups in total. The molecule has 0 spiro atoms. The van der Waals surface area contributed by atoms with E-state index in [1.165, 1.54) is 11.1 Å². The van der Waals surface area contributed by atoms with Gasteiger partial charge in [0, 0.05) is 12.1 Å². The molecular weight excluding hydrogens is 274 g/mol. The molecule has 0 bridgehead atoms. The number of methoxy groups -OCH3 is 1. The molecule has 2 aromatic carbocycles.